The van der Waals surface area contributed by atoms with Gasteiger partial charge >= 0.3 is 0 Å². The largest absolute Gasteiger partial charge is 0.396 e. The van der Waals surface area contributed by atoms with Gasteiger partial charge in [-0.25, -0.2) is 4.98 Å². The third kappa shape index (κ3) is 3.35. The molecular formula is C15H16ClN3O3. The van der Waals surface area contributed by atoms with Crippen LogP contribution in [0.4, 0.5) is 0 Å². The number of amides is 1. The van der Waals surface area contributed by atoms with Crippen molar-refractivity contribution in [3.63, 3.8) is 0 Å². The standard InChI is InChI=1S/C15H16ClN3O3/c1-9-12(5-6-20)15(22)19(8-13(17)21)14(18-9)10-3-2-4-11(16)7-10/h2-4,7,20H,5-6,8H2,1H3,(H2,17,21). The van der Waals surface area contributed by atoms with Gasteiger partial charge in [0.25, 0.3) is 5.56 Å². The lowest BCUT2D eigenvalue weighted by atomic mass is 10.1. The van der Waals surface area contributed by atoms with Crippen LogP contribution < -0.4 is 11.3 Å². The first-order valence-corrected chi connectivity index (χ1v) is 7.07. The van der Waals surface area contributed by atoms with Crippen LogP contribution in [0.2, 0.25) is 5.02 Å². The van der Waals surface area contributed by atoms with Crippen LogP contribution in [0.25, 0.3) is 11.4 Å². The molecule has 1 heterocycles. The summed E-state index contributed by atoms with van der Waals surface area (Å²) in [5.41, 5.74) is 6.35. The summed E-state index contributed by atoms with van der Waals surface area (Å²) in [7, 11) is 0. The van der Waals surface area contributed by atoms with Crippen molar-refractivity contribution in [3.05, 3.63) is 50.9 Å². The number of nitrogens with zero attached hydrogens (tertiary/aromatic N) is 2. The number of carbonyl (C=O) groups is 1. The quantitative estimate of drug-likeness (QED) is 0.854. The third-order valence-electron chi connectivity index (χ3n) is 3.23. The molecule has 2 rings (SSSR count). The predicted octanol–water partition coefficient (Wildman–Crippen LogP) is 0.892. The molecule has 1 aromatic heterocycles. The van der Waals surface area contributed by atoms with Crippen LogP contribution in [0, 0.1) is 6.92 Å². The second kappa shape index (κ2) is 6.72. The van der Waals surface area contributed by atoms with Crippen molar-refractivity contribution in [1.82, 2.24) is 9.55 Å². The number of hydrogen-bond donors (Lipinski definition) is 2. The first-order valence-electron chi connectivity index (χ1n) is 6.69. The van der Waals surface area contributed by atoms with Crippen molar-refractivity contribution in [2.45, 2.75) is 19.9 Å². The van der Waals surface area contributed by atoms with Crippen LogP contribution in [0.3, 0.4) is 0 Å². The average molecular weight is 322 g/mol. The zero-order valence-corrected chi connectivity index (χ0v) is 12.8. The van der Waals surface area contributed by atoms with Crippen molar-refractivity contribution >= 4 is 17.5 Å². The summed E-state index contributed by atoms with van der Waals surface area (Å²) < 4.78 is 1.21. The van der Waals surface area contributed by atoms with Gasteiger partial charge in [0.2, 0.25) is 5.91 Å². The fourth-order valence-electron chi connectivity index (χ4n) is 2.25. The van der Waals surface area contributed by atoms with Gasteiger partial charge in [0, 0.05) is 34.9 Å². The summed E-state index contributed by atoms with van der Waals surface area (Å²) in [6.45, 7) is 1.23. The van der Waals surface area contributed by atoms with Gasteiger partial charge in [0.05, 0.1) is 0 Å². The van der Waals surface area contributed by atoms with E-state index in [1.54, 1.807) is 31.2 Å². The number of nitrogens with two attached hydrogens (primary N) is 1. The fourth-order valence-corrected chi connectivity index (χ4v) is 2.44. The molecule has 3 N–H and O–H groups in total. The molecule has 1 amide bonds. The maximum Gasteiger partial charge on any atom is 0.257 e. The van der Waals surface area contributed by atoms with Crippen LogP contribution in [-0.2, 0) is 17.8 Å². The Kier molecular flexibility index (Phi) is 4.95. The summed E-state index contributed by atoms with van der Waals surface area (Å²) >= 11 is 5.97. The molecule has 0 spiro atoms. The molecule has 0 saturated heterocycles. The number of benzene rings is 1. The normalized spacial score (nSPS) is 10.7. The Hall–Kier alpha value is -2.18. The summed E-state index contributed by atoms with van der Waals surface area (Å²) in [6, 6.07) is 6.84. The molecule has 116 valence electrons. The Morgan fingerprint density at radius 3 is 2.77 bits per heavy atom. The molecule has 0 aliphatic carbocycles. The highest BCUT2D eigenvalue weighted by Gasteiger charge is 2.16. The highest BCUT2D eigenvalue weighted by molar-refractivity contribution is 6.30. The van der Waals surface area contributed by atoms with Gasteiger partial charge in [-0.1, -0.05) is 23.7 Å². The van der Waals surface area contributed by atoms with E-state index in [1.165, 1.54) is 4.57 Å². The number of halogens is 1. The van der Waals surface area contributed by atoms with E-state index in [1.807, 2.05) is 0 Å². The van der Waals surface area contributed by atoms with Crippen LogP contribution in [-0.4, -0.2) is 27.2 Å². The monoisotopic (exact) mass is 321 g/mol. The molecule has 2 aromatic rings. The minimum absolute atomic E-state index is 0.173. The maximum absolute atomic E-state index is 12.6. The fraction of sp³-hybridized carbons (Fsp3) is 0.267. The Morgan fingerprint density at radius 1 is 1.45 bits per heavy atom. The van der Waals surface area contributed by atoms with Crippen LogP contribution >= 0.6 is 11.6 Å². The number of aryl methyl sites for hydroxylation is 1. The molecule has 0 atom stereocenters. The number of aromatic nitrogens is 2. The van der Waals surface area contributed by atoms with Gasteiger partial charge < -0.3 is 10.8 Å². The summed E-state index contributed by atoms with van der Waals surface area (Å²) in [6.07, 6.45) is 0.173. The van der Waals surface area contributed by atoms with Gasteiger partial charge in [-0.15, -0.1) is 0 Å². The molecule has 22 heavy (non-hydrogen) atoms. The van der Waals surface area contributed by atoms with E-state index in [9.17, 15) is 9.59 Å². The van der Waals surface area contributed by atoms with Crippen molar-refractivity contribution in [2.24, 2.45) is 5.73 Å². The third-order valence-corrected chi connectivity index (χ3v) is 3.46. The number of hydrogen-bond acceptors (Lipinski definition) is 4. The minimum atomic E-state index is -0.647. The van der Waals surface area contributed by atoms with Gasteiger partial charge in [-0.2, -0.15) is 0 Å². The second-order valence-corrected chi connectivity index (χ2v) is 5.28. The van der Waals surface area contributed by atoms with Crippen molar-refractivity contribution in [3.8, 4) is 11.4 Å². The van der Waals surface area contributed by atoms with E-state index < -0.39 is 5.91 Å². The zero-order valence-electron chi connectivity index (χ0n) is 12.0. The Bertz CT molecular complexity index is 771. The molecular weight excluding hydrogens is 306 g/mol. The van der Waals surface area contributed by atoms with Gasteiger partial charge in [0.15, 0.2) is 0 Å². The van der Waals surface area contributed by atoms with E-state index in [-0.39, 0.29) is 25.1 Å². The van der Waals surface area contributed by atoms with Gasteiger partial charge in [-0.3, -0.25) is 14.2 Å². The molecule has 0 saturated carbocycles. The number of carbonyl (C=O) groups excluding carboxylic acids is 1. The zero-order chi connectivity index (χ0) is 16.3. The molecule has 6 nitrogen and oxygen atoms in total. The highest BCUT2D eigenvalue weighted by Crippen LogP contribution is 2.21. The van der Waals surface area contributed by atoms with Crippen molar-refractivity contribution in [1.29, 1.82) is 0 Å². The number of aliphatic hydroxyl groups is 1. The molecule has 0 aliphatic heterocycles. The summed E-state index contributed by atoms with van der Waals surface area (Å²) in [5, 5.41) is 9.57. The first kappa shape index (κ1) is 16.2. The minimum Gasteiger partial charge on any atom is -0.396 e. The van der Waals surface area contributed by atoms with E-state index in [0.717, 1.165) is 0 Å². The first-order chi connectivity index (χ1) is 10.4. The van der Waals surface area contributed by atoms with Crippen LogP contribution in [0.15, 0.2) is 29.1 Å². The second-order valence-electron chi connectivity index (χ2n) is 4.84. The molecule has 0 unspecified atom stereocenters. The summed E-state index contributed by atoms with van der Waals surface area (Å²) in [5.74, 6) is -0.323. The van der Waals surface area contributed by atoms with E-state index in [2.05, 4.69) is 4.98 Å². The molecule has 0 fully saturated rings. The van der Waals surface area contributed by atoms with E-state index >= 15 is 0 Å². The van der Waals surface area contributed by atoms with Crippen molar-refractivity contribution in [2.75, 3.05) is 6.61 Å². The molecule has 0 aliphatic rings. The van der Waals surface area contributed by atoms with Crippen molar-refractivity contribution < 1.29 is 9.90 Å². The maximum atomic E-state index is 12.6. The molecule has 7 heteroatoms. The SMILES string of the molecule is Cc1nc(-c2cccc(Cl)c2)n(CC(N)=O)c(=O)c1CCO. The number of primary amides is 1. The number of rotatable bonds is 5. The van der Waals surface area contributed by atoms with Gasteiger partial charge in [-0.05, 0) is 19.1 Å². The lowest BCUT2D eigenvalue weighted by Gasteiger charge is -2.14. The molecule has 0 radical (unpaired) electrons. The Labute approximate surface area is 132 Å². The Morgan fingerprint density at radius 2 is 2.18 bits per heavy atom. The van der Waals surface area contributed by atoms with Crippen LogP contribution in [0.1, 0.15) is 11.3 Å². The lowest BCUT2D eigenvalue weighted by Crippen LogP contribution is -2.33. The smallest absolute Gasteiger partial charge is 0.257 e. The summed E-state index contributed by atoms with van der Waals surface area (Å²) in [4.78, 5) is 28.3. The van der Waals surface area contributed by atoms with E-state index in [4.69, 9.17) is 22.4 Å². The van der Waals surface area contributed by atoms with Gasteiger partial charge in [0.1, 0.15) is 12.4 Å². The highest BCUT2D eigenvalue weighted by atomic mass is 35.5. The average Bonchev–Trinajstić information content (AvgIpc) is 2.46. The Balaban J connectivity index is 2.72. The lowest BCUT2D eigenvalue weighted by molar-refractivity contribution is -0.118. The molecule has 0 bridgehead atoms. The topological polar surface area (TPSA) is 98.2 Å². The predicted molar refractivity (Wildman–Crippen MR) is 83.7 cm³/mol. The molecule has 1 aromatic carbocycles. The number of aliphatic hydroxyl groups excluding tert-OH is 1. The van der Waals surface area contributed by atoms with Crippen LogP contribution in [0.5, 0.6) is 0 Å². The van der Waals surface area contributed by atoms with E-state index in [0.29, 0.717) is 27.7 Å².